The van der Waals surface area contributed by atoms with Gasteiger partial charge in [-0.05, 0) is 31.6 Å². The Bertz CT molecular complexity index is 964. The van der Waals surface area contributed by atoms with Gasteiger partial charge in [-0.15, -0.1) is 0 Å². The maximum absolute atomic E-state index is 14.3. The van der Waals surface area contributed by atoms with Gasteiger partial charge in [-0.25, -0.2) is 8.78 Å². The van der Waals surface area contributed by atoms with Crippen LogP contribution in [-0.4, -0.2) is 53.3 Å². The summed E-state index contributed by atoms with van der Waals surface area (Å²) in [6, 6.07) is 2.57. The number of carbonyl (C=O) groups excluding carboxylic acids is 1. The third kappa shape index (κ3) is 6.47. The van der Waals surface area contributed by atoms with Gasteiger partial charge < -0.3 is 25.0 Å². The lowest BCUT2D eigenvalue weighted by Gasteiger charge is -2.30. The Balaban J connectivity index is 1.44. The van der Waals surface area contributed by atoms with Gasteiger partial charge in [0.25, 0.3) is 5.91 Å². The molecule has 33 heavy (non-hydrogen) atoms. The molecular formula is C22H29F2N5O4. The number of nitrogens with two attached hydrogens (primary N) is 1. The topological polar surface area (TPSA) is 127 Å². The Kier molecular flexibility index (Phi) is 8.32. The molecule has 2 aromatic rings. The largest absolute Gasteiger partial charge is 0.493 e. The molecule has 180 valence electrons. The van der Waals surface area contributed by atoms with Crippen LogP contribution in [0.5, 0.6) is 5.75 Å². The van der Waals surface area contributed by atoms with Gasteiger partial charge in [-0.3, -0.25) is 4.79 Å². The molecule has 0 unspecified atom stereocenters. The van der Waals surface area contributed by atoms with Gasteiger partial charge in [0.15, 0.2) is 5.82 Å². The van der Waals surface area contributed by atoms with Crippen LogP contribution in [0.1, 0.15) is 56.8 Å². The number of rotatable bonds is 9. The molecule has 0 saturated carbocycles. The van der Waals surface area contributed by atoms with Crippen LogP contribution in [-0.2, 0) is 4.79 Å². The average Bonchev–Trinajstić information content (AvgIpc) is 3.27. The van der Waals surface area contributed by atoms with Crippen molar-refractivity contribution >= 4 is 17.8 Å². The number of piperidine rings is 1. The number of amides is 1. The average molecular weight is 466 g/mol. The van der Waals surface area contributed by atoms with Crippen molar-refractivity contribution in [2.24, 2.45) is 16.6 Å². The van der Waals surface area contributed by atoms with E-state index in [2.05, 4.69) is 20.0 Å². The van der Waals surface area contributed by atoms with Crippen molar-refractivity contribution in [1.29, 1.82) is 0 Å². The zero-order chi connectivity index (χ0) is 24.0. The fraction of sp³-hybridized carbons (Fsp3) is 0.545. The van der Waals surface area contributed by atoms with Crippen molar-refractivity contribution in [2.75, 3.05) is 31.2 Å². The summed E-state index contributed by atoms with van der Waals surface area (Å²) in [6.45, 7) is 5.12. The van der Waals surface area contributed by atoms with E-state index in [0.717, 1.165) is 50.9 Å². The number of aliphatic imine (C=N–C) groups is 1. The first-order chi connectivity index (χ1) is 15.8. The van der Waals surface area contributed by atoms with Gasteiger partial charge >= 0.3 is 6.01 Å². The molecule has 1 aromatic heterocycles. The number of aliphatic hydroxyl groups excluding tert-OH is 1. The van der Waals surface area contributed by atoms with E-state index < -0.39 is 35.5 Å². The highest BCUT2D eigenvalue weighted by Crippen LogP contribution is 2.26. The number of nitrogens with zero attached hydrogens (tertiary/aromatic N) is 4. The molecular weight excluding hydrogens is 436 g/mol. The molecule has 1 aromatic carbocycles. The van der Waals surface area contributed by atoms with Gasteiger partial charge in [0, 0.05) is 31.1 Å². The van der Waals surface area contributed by atoms with E-state index in [-0.39, 0.29) is 11.7 Å². The standard InChI is InChI=1S/C22H29F2N5O4/c1-13(2)21-27-22(33-28-21)29-7-5-14(6-8-29)4-3-9-32-15-10-16(23)19(17(24)11-15)20(25)26-18(31)12-30/h10-11,13-14,30H,3-9,12H2,1-2H3,(H2,25,26,31). The van der Waals surface area contributed by atoms with Crippen LogP contribution >= 0.6 is 0 Å². The summed E-state index contributed by atoms with van der Waals surface area (Å²) in [7, 11) is 0. The quantitative estimate of drug-likeness (QED) is 0.329. The molecule has 1 aliphatic rings. The molecule has 1 fully saturated rings. The van der Waals surface area contributed by atoms with Crippen molar-refractivity contribution in [2.45, 2.75) is 45.4 Å². The van der Waals surface area contributed by atoms with E-state index in [1.165, 1.54) is 0 Å². The molecule has 3 rings (SSSR count). The van der Waals surface area contributed by atoms with Crippen molar-refractivity contribution in [3.05, 3.63) is 35.2 Å². The number of ether oxygens (including phenoxy) is 1. The van der Waals surface area contributed by atoms with E-state index in [1.54, 1.807) is 0 Å². The Morgan fingerprint density at radius 3 is 2.58 bits per heavy atom. The molecule has 0 atom stereocenters. The van der Waals surface area contributed by atoms with Gasteiger partial charge in [0.1, 0.15) is 29.8 Å². The lowest BCUT2D eigenvalue weighted by atomic mass is 9.92. The second kappa shape index (κ2) is 11.2. The molecule has 0 spiro atoms. The molecule has 9 nitrogen and oxygen atoms in total. The van der Waals surface area contributed by atoms with Gasteiger partial charge in [0.05, 0.1) is 12.2 Å². The predicted octanol–water partition coefficient (Wildman–Crippen LogP) is 2.77. The zero-order valence-corrected chi connectivity index (χ0v) is 18.8. The first kappa shape index (κ1) is 24.6. The van der Waals surface area contributed by atoms with Crippen molar-refractivity contribution in [3.63, 3.8) is 0 Å². The first-order valence-corrected chi connectivity index (χ1v) is 11.0. The zero-order valence-electron chi connectivity index (χ0n) is 18.8. The maximum atomic E-state index is 14.3. The number of hydrogen-bond acceptors (Lipinski definition) is 7. The van der Waals surface area contributed by atoms with Crippen molar-refractivity contribution in [1.82, 2.24) is 10.1 Å². The van der Waals surface area contributed by atoms with E-state index in [4.69, 9.17) is 20.1 Å². The number of anilines is 1. The van der Waals surface area contributed by atoms with E-state index in [1.807, 2.05) is 13.8 Å². The molecule has 0 aliphatic carbocycles. The molecule has 11 heteroatoms. The van der Waals surface area contributed by atoms with Crippen LogP contribution in [0.3, 0.4) is 0 Å². The fourth-order valence-corrected chi connectivity index (χ4v) is 3.67. The minimum Gasteiger partial charge on any atom is -0.493 e. The minimum absolute atomic E-state index is 0.0298. The SMILES string of the molecule is CC(C)c1noc(N2CCC(CCCOc3cc(F)c(C(N)=NC(=O)CO)c(F)c3)CC2)n1. The third-order valence-electron chi connectivity index (χ3n) is 5.51. The Hall–Kier alpha value is -3.08. The summed E-state index contributed by atoms with van der Waals surface area (Å²) in [5.41, 5.74) is 4.84. The normalized spacial score (nSPS) is 15.3. The number of carbonyl (C=O) groups is 1. The Morgan fingerprint density at radius 1 is 1.33 bits per heavy atom. The highest BCUT2D eigenvalue weighted by molar-refractivity contribution is 6.04. The number of aliphatic hydroxyl groups is 1. The van der Waals surface area contributed by atoms with Crippen molar-refractivity contribution in [3.8, 4) is 5.75 Å². The lowest BCUT2D eigenvalue weighted by Crippen LogP contribution is -2.34. The van der Waals surface area contributed by atoms with Crippen LogP contribution in [0.2, 0.25) is 0 Å². The highest BCUT2D eigenvalue weighted by atomic mass is 19.1. The molecule has 1 aliphatic heterocycles. The Morgan fingerprint density at radius 2 is 2.00 bits per heavy atom. The summed E-state index contributed by atoms with van der Waals surface area (Å²) in [5, 5.41) is 12.7. The second-order valence-corrected chi connectivity index (χ2v) is 8.32. The molecule has 1 saturated heterocycles. The third-order valence-corrected chi connectivity index (χ3v) is 5.51. The number of benzene rings is 1. The van der Waals surface area contributed by atoms with Crippen LogP contribution in [0.15, 0.2) is 21.6 Å². The monoisotopic (exact) mass is 465 g/mol. The van der Waals surface area contributed by atoms with E-state index in [9.17, 15) is 13.6 Å². The number of hydrogen-bond donors (Lipinski definition) is 2. The van der Waals surface area contributed by atoms with E-state index in [0.29, 0.717) is 24.4 Å². The van der Waals surface area contributed by atoms with Crippen LogP contribution in [0, 0.1) is 17.6 Å². The number of amidine groups is 1. The van der Waals surface area contributed by atoms with Gasteiger partial charge in [-0.1, -0.05) is 19.0 Å². The minimum atomic E-state index is -0.994. The summed E-state index contributed by atoms with van der Waals surface area (Å²) >= 11 is 0. The fourth-order valence-electron chi connectivity index (χ4n) is 3.67. The lowest BCUT2D eigenvalue weighted by molar-refractivity contribution is -0.120. The maximum Gasteiger partial charge on any atom is 0.324 e. The smallest absolute Gasteiger partial charge is 0.324 e. The Labute approximate surface area is 190 Å². The number of halogens is 2. The van der Waals surface area contributed by atoms with E-state index >= 15 is 0 Å². The highest BCUT2D eigenvalue weighted by Gasteiger charge is 2.23. The van der Waals surface area contributed by atoms with Crippen LogP contribution in [0.4, 0.5) is 14.8 Å². The second-order valence-electron chi connectivity index (χ2n) is 8.32. The summed E-state index contributed by atoms with van der Waals surface area (Å²) in [6.07, 6.45) is 3.65. The van der Waals surface area contributed by atoms with Gasteiger partial charge in [-0.2, -0.15) is 9.98 Å². The van der Waals surface area contributed by atoms with Crippen LogP contribution < -0.4 is 15.4 Å². The summed E-state index contributed by atoms with van der Waals surface area (Å²) < 4.78 is 39.4. The summed E-state index contributed by atoms with van der Waals surface area (Å²) in [5.74, 6) is -2.14. The van der Waals surface area contributed by atoms with Crippen LogP contribution in [0.25, 0.3) is 0 Å². The molecule has 1 amide bonds. The molecule has 0 bridgehead atoms. The number of aromatic nitrogens is 2. The molecule has 0 radical (unpaired) electrons. The van der Waals surface area contributed by atoms with Crippen molar-refractivity contribution < 1.29 is 27.9 Å². The predicted molar refractivity (Wildman–Crippen MR) is 117 cm³/mol. The molecule has 3 N–H and O–H groups in total. The summed E-state index contributed by atoms with van der Waals surface area (Å²) in [4.78, 5) is 20.9. The van der Waals surface area contributed by atoms with Gasteiger partial charge in [0.2, 0.25) is 0 Å². The molecule has 2 heterocycles. The first-order valence-electron chi connectivity index (χ1n) is 11.0.